The molecule has 0 bridgehead atoms. The summed E-state index contributed by atoms with van der Waals surface area (Å²) >= 11 is 0. The van der Waals surface area contributed by atoms with Crippen LogP contribution in [0.25, 0.3) is 0 Å². The average molecular weight is 299 g/mol. The lowest BCUT2D eigenvalue weighted by atomic mass is 10.1. The van der Waals surface area contributed by atoms with Gasteiger partial charge in [-0.2, -0.15) is 13.2 Å². The van der Waals surface area contributed by atoms with E-state index in [1.807, 2.05) is 12.1 Å². The Bertz CT molecular complexity index is 608. The molecule has 21 heavy (non-hydrogen) atoms. The van der Waals surface area contributed by atoms with Crippen molar-refractivity contribution in [3.8, 4) is 5.75 Å². The summed E-state index contributed by atoms with van der Waals surface area (Å²) in [7, 11) is 0. The maximum atomic E-state index is 13.1. The molecule has 0 fully saturated rings. The molecule has 0 saturated heterocycles. The number of hydrogen-bond acceptors (Lipinski definition) is 2. The molecule has 0 aliphatic heterocycles. The van der Waals surface area contributed by atoms with Crippen LogP contribution in [0.5, 0.6) is 5.75 Å². The number of benzene rings is 2. The van der Waals surface area contributed by atoms with Crippen LogP contribution in [0.15, 0.2) is 42.5 Å². The minimum atomic E-state index is -4.74. The summed E-state index contributed by atoms with van der Waals surface area (Å²) in [6, 6.07) is 9.67. The van der Waals surface area contributed by atoms with Gasteiger partial charge in [0.25, 0.3) is 0 Å². The van der Waals surface area contributed by atoms with Gasteiger partial charge < -0.3 is 10.5 Å². The highest BCUT2D eigenvalue weighted by Crippen LogP contribution is 2.33. The smallest absolute Gasteiger partial charge is 0.419 e. The zero-order valence-electron chi connectivity index (χ0n) is 11.0. The zero-order valence-corrected chi connectivity index (χ0v) is 11.0. The lowest BCUT2D eigenvalue weighted by Gasteiger charge is -2.11. The Morgan fingerprint density at radius 2 is 1.67 bits per heavy atom. The summed E-state index contributed by atoms with van der Waals surface area (Å²) in [4.78, 5) is 0. The first-order valence-corrected chi connectivity index (χ1v) is 6.20. The van der Waals surface area contributed by atoms with E-state index in [1.54, 1.807) is 12.1 Å². The molecule has 0 aromatic heterocycles. The fourth-order valence-electron chi connectivity index (χ4n) is 1.78. The van der Waals surface area contributed by atoms with Crippen LogP contribution in [-0.4, -0.2) is 6.61 Å². The molecule has 6 heteroatoms. The number of rotatable bonds is 4. The molecule has 0 atom stereocenters. The van der Waals surface area contributed by atoms with Crippen LogP contribution in [0.4, 0.5) is 23.2 Å². The van der Waals surface area contributed by atoms with E-state index in [9.17, 15) is 17.6 Å². The molecular weight excluding hydrogens is 286 g/mol. The Labute approximate surface area is 119 Å². The van der Waals surface area contributed by atoms with Gasteiger partial charge in [-0.25, -0.2) is 4.39 Å². The second kappa shape index (κ2) is 6.03. The van der Waals surface area contributed by atoms with Gasteiger partial charge in [0.1, 0.15) is 11.6 Å². The third-order valence-electron chi connectivity index (χ3n) is 2.88. The van der Waals surface area contributed by atoms with Gasteiger partial charge in [0.2, 0.25) is 0 Å². The molecule has 2 N–H and O–H groups in total. The van der Waals surface area contributed by atoms with Gasteiger partial charge in [-0.15, -0.1) is 0 Å². The Hall–Kier alpha value is -2.24. The molecule has 0 amide bonds. The molecule has 2 nitrogen and oxygen atoms in total. The van der Waals surface area contributed by atoms with Crippen molar-refractivity contribution in [3.05, 3.63) is 59.4 Å². The van der Waals surface area contributed by atoms with Gasteiger partial charge >= 0.3 is 6.18 Å². The van der Waals surface area contributed by atoms with Crippen LogP contribution in [0.1, 0.15) is 11.1 Å². The summed E-state index contributed by atoms with van der Waals surface area (Å²) in [5, 5.41) is 0. The van der Waals surface area contributed by atoms with Crippen LogP contribution < -0.4 is 10.5 Å². The van der Waals surface area contributed by atoms with Crippen molar-refractivity contribution >= 4 is 5.69 Å². The van der Waals surface area contributed by atoms with Gasteiger partial charge in [0.05, 0.1) is 12.2 Å². The summed E-state index contributed by atoms with van der Waals surface area (Å²) in [6.07, 6.45) is -4.22. The van der Waals surface area contributed by atoms with Crippen LogP contribution in [-0.2, 0) is 12.6 Å². The molecule has 0 unspecified atom stereocenters. The molecular formula is C15H13F4NO. The summed E-state index contributed by atoms with van der Waals surface area (Å²) < 4.78 is 56.0. The number of hydrogen-bond donors (Lipinski definition) is 1. The lowest BCUT2D eigenvalue weighted by Crippen LogP contribution is -2.09. The van der Waals surface area contributed by atoms with E-state index in [1.165, 1.54) is 6.07 Å². The lowest BCUT2D eigenvalue weighted by molar-refractivity contribution is -0.140. The maximum absolute atomic E-state index is 13.1. The molecule has 0 saturated carbocycles. The number of anilines is 1. The van der Waals surface area contributed by atoms with Gasteiger partial charge in [0.15, 0.2) is 0 Å². The van der Waals surface area contributed by atoms with E-state index in [4.69, 9.17) is 10.5 Å². The van der Waals surface area contributed by atoms with Crippen molar-refractivity contribution in [1.82, 2.24) is 0 Å². The van der Waals surface area contributed by atoms with Crippen LogP contribution in [0, 0.1) is 5.82 Å². The average Bonchev–Trinajstić information content (AvgIpc) is 2.41. The predicted molar refractivity (Wildman–Crippen MR) is 71.5 cm³/mol. The van der Waals surface area contributed by atoms with Crippen LogP contribution >= 0.6 is 0 Å². The summed E-state index contributed by atoms with van der Waals surface area (Å²) in [5.74, 6) is -1.33. The molecule has 2 rings (SSSR count). The van der Waals surface area contributed by atoms with E-state index in [-0.39, 0.29) is 12.4 Å². The molecule has 0 spiro atoms. The summed E-state index contributed by atoms with van der Waals surface area (Å²) in [6.45, 7) is 0.187. The van der Waals surface area contributed by atoms with Crippen molar-refractivity contribution in [2.75, 3.05) is 12.3 Å². The first-order chi connectivity index (χ1) is 9.86. The van der Waals surface area contributed by atoms with Gasteiger partial charge in [0, 0.05) is 12.1 Å². The van der Waals surface area contributed by atoms with Crippen molar-refractivity contribution in [1.29, 1.82) is 0 Å². The largest absolute Gasteiger partial charge is 0.493 e. The first-order valence-electron chi connectivity index (χ1n) is 6.20. The fraction of sp³-hybridized carbons (Fsp3) is 0.200. The van der Waals surface area contributed by atoms with Crippen molar-refractivity contribution in [2.24, 2.45) is 0 Å². The van der Waals surface area contributed by atoms with Crippen molar-refractivity contribution in [2.45, 2.75) is 12.6 Å². The minimum absolute atomic E-state index is 0.0147. The molecule has 0 aliphatic carbocycles. The highest BCUT2D eigenvalue weighted by molar-refractivity contribution is 5.39. The fourth-order valence-corrected chi connectivity index (χ4v) is 1.78. The van der Waals surface area contributed by atoms with Crippen LogP contribution in [0.3, 0.4) is 0 Å². The Morgan fingerprint density at radius 1 is 1.00 bits per heavy atom. The standard InChI is InChI=1S/C15H13F4NO/c16-14-6-5-12(9-13(14)15(17,18)19)21-8-7-10-1-3-11(20)4-2-10/h1-6,9H,7-8,20H2. The van der Waals surface area contributed by atoms with E-state index < -0.39 is 17.6 Å². The Balaban J connectivity index is 1.99. The second-order valence-electron chi connectivity index (χ2n) is 4.48. The third kappa shape index (κ3) is 4.11. The summed E-state index contributed by atoms with van der Waals surface area (Å²) in [5.41, 5.74) is 5.80. The predicted octanol–water partition coefficient (Wildman–Crippen LogP) is 4.05. The maximum Gasteiger partial charge on any atom is 0.419 e. The highest BCUT2D eigenvalue weighted by atomic mass is 19.4. The first kappa shape index (κ1) is 15.2. The quantitative estimate of drug-likeness (QED) is 0.683. The number of halogens is 4. The van der Waals surface area contributed by atoms with Crippen molar-refractivity contribution in [3.63, 3.8) is 0 Å². The van der Waals surface area contributed by atoms with E-state index >= 15 is 0 Å². The van der Waals surface area contributed by atoms with E-state index in [2.05, 4.69) is 0 Å². The van der Waals surface area contributed by atoms with Gasteiger partial charge in [-0.3, -0.25) is 0 Å². The number of nitrogens with two attached hydrogens (primary N) is 1. The topological polar surface area (TPSA) is 35.2 Å². The van der Waals surface area contributed by atoms with E-state index in [0.29, 0.717) is 18.2 Å². The molecule has 2 aromatic rings. The van der Waals surface area contributed by atoms with E-state index in [0.717, 1.165) is 11.6 Å². The Morgan fingerprint density at radius 3 is 2.29 bits per heavy atom. The highest BCUT2D eigenvalue weighted by Gasteiger charge is 2.34. The normalized spacial score (nSPS) is 11.4. The van der Waals surface area contributed by atoms with Crippen LogP contribution in [0.2, 0.25) is 0 Å². The Kier molecular flexibility index (Phi) is 4.35. The SMILES string of the molecule is Nc1ccc(CCOc2ccc(F)c(C(F)(F)F)c2)cc1. The molecule has 112 valence electrons. The number of ether oxygens (including phenoxy) is 1. The van der Waals surface area contributed by atoms with Crippen molar-refractivity contribution < 1.29 is 22.3 Å². The molecule has 0 aliphatic rings. The number of nitrogen functional groups attached to an aromatic ring is 1. The van der Waals surface area contributed by atoms with Gasteiger partial charge in [-0.1, -0.05) is 12.1 Å². The minimum Gasteiger partial charge on any atom is -0.493 e. The number of alkyl halides is 3. The third-order valence-corrected chi connectivity index (χ3v) is 2.88. The molecule has 0 radical (unpaired) electrons. The molecule has 0 heterocycles. The second-order valence-corrected chi connectivity index (χ2v) is 4.48. The molecule has 2 aromatic carbocycles. The van der Waals surface area contributed by atoms with Gasteiger partial charge in [-0.05, 0) is 35.9 Å². The monoisotopic (exact) mass is 299 g/mol. The zero-order chi connectivity index (χ0) is 15.5.